The Labute approximate surface area is 83.1 Å². The van der Waals surface area contributed by atoms with Crippen LogP contribution in [0.2, 0.25) is 0 Å². The summed E-state index contributed by atoms with van der Waals surface area (Å²) in [6.45, 7) is 1.93. The van der Waals surface area contributed by atoms with Crippen molar-refractivity contribution in [3.05, 3.63) is 35.9 Å². The van der Waals surface area contributed by atoms with Crippen molar-refractivity contribution in [2.24, 2.45) is 5.16 Å². The minimum absolute atomic E-state index is 0.199. The van der Waals surface area contributed by atoms with Gasteiger partial charge in [-0.05, 0) is 6.42 Å². The van der Waals surface area contributed by atoms with Gasteiger partial charge in [-0.2, -0.15) is 0 Å². The second-order valence-electron chi connectivity index (χ2n) is 2.99. The first kappa shape index (κ1) is 10.4. The maximum atomic E-state index is 11.7. The van der Waals surface area contributed by atoms with Gasteiger partial charge in [-0.25, -0.2) is 0 Å². The molecule has 0 saturated heterocycles. The molecular weight excluding hydrogens is 178 g/mol. The summed E-state index contributed by atoms with van der Waals surface area (Å²) in [6.07, 6.45) is 1.29. The lowest BCUT2D eigenvalue weighted by Gasteiger charge is -2.01. The van der Waals surface area contributed by atoms with Crippen LogP contribution in [0, 0.1) is 0 Å². The molecule has 0 fully saturated rings. The van der Waals surface area contributed by atoms with Crippen LogP contribution in [-0.4, -0.2) is 16.7 Å². The zero-order valence-corrected chi connectivity index (χ0v) is 8.10. The van der Waals surface area contributed by atoms with E-state index in [2.05, 4.69) is 5.16 Å². The first-order valence-corrected chi connectivity index (χ1v) is 4.60. The standard InChI is InChI=1S/C11H13NO2/c1-2-6-10(12-14)11(13)9-7-4-3-5-8-9/h3-5,7-8,14H,2,6H2,1H3/b12-10+. The van der Waals surface area contributed by atoms with Crippen LogP contribution >= 0.6 is 0 Å². The van der Waals surface area contributed by atoms with E-state index in [1.165, 1.54) is 0 Å². The van der Waals surface area contributed by atoms with E-state index in [-0.39, 0.29) is 11.5 Å². The van der Waals surface area contributed by atoms with Crippen molar-refractivity contribution in [3.8, 4) is 0 Å². The smallest absolute Gasteiger partial charge is 0.210 e. The third kappa shape index (κ3) is 2.42. The SMILES string of the molecule is CCC/C(=N\O)C(=O)c1ccccc1. The van der Waals surface area contributed by atoms with Crippen molar-refractivity contribution < 1.29 is 10.0 Å². The second-order valence-corrected chi connectivity index (χ2v) is 2.99. The number of rotatable bonds is 4. The summed E-state index contributed by atoms with van der Waals surface area (Å²) in [5.74, 6) is -0.199. The lowest BCUT2D eigenvalue weighted by molar-refractivity contribution is 0.105. The van der Waals surface area contributed by atoms with Crippen LogP contribution in [0.5, 0.6) is 0 Å². The number of Topliss-reactive ketones (excluding diaryl/α,β-unsaturated/α-hetero) is 1. The zero-order chi connectivity index (χ0) is 10.4. The Morgan fingerprint density at radius 2 is 2.00 bits per heavy atom. The van der Waals surface area contributed by atoms with Crippen molar-refractivity contribution in [3.63, 3.8) is 0 Å². The number of ketones is 1. The van der Waals surface area contributed by atoms with E-state index in [4.69, 9.17) is 5.21 Å². The lowest BCUT2D eigenvalue weighted by Crippen LogP contribution is -2.13. The van der Waals surface area contributed by atoms with Crippen LogP contribution in [0.3, 0.4) is 0 Å². The fourth-order valence-corrected chi connectivity index (χ4v) is 1.20. The van der Waals surface area contributed by atoms with Crippen molar-refractivity contribution in [2.75, 3.05) is 0 Å². The molecular formula is C11H13NO2. The topological polar surface area (TPSA) is 49.7 Å². The molecule has 0 radical (unpaired) electrons. The monoisotopic (exact) mass is 191 g/mol. The minimum atomic E-state index is -0.199. The van der Waals surface area contributed by atoms with E-state index in [0.29, 0.717) is 12.0 Å². The van der Waals surface area contributed by atoms with Crippen LogP contribution in [0.1, 0.15) is 30.1 Å². The van der Waals surface area contributed by atoms with Crippen molar-refractivity contribution in [1.82, 2.24) is 0 Å². The molecule has 0 spiro atoms. The highest BCUT2D eigenvalue weighted by atomic mass is 16.4. The molecule has 0 heterocycles. The largest absolute Gasteiger partial charge is 0.411 e. The third-order valence-electron chi connectivity index (χ3n) is 1.91. The maximum absolute atomic E-state index is 11.7. The number of benzene rings is 1. The lowest BCUT2D eigenvalue weighted by atomic mass is 10.0. The van der Waals surface area contributed by atoms with Gasteiger partial charge in [-0.15, -0.1) is 0 Å². The fraction of sp³-hybridized carbons (Fsp3) is 0.273. The van der Waals surface area contributed by atoms with Gasteiger partial charge in [-0.1, -0.05) is 48.8 Å². The van der Waals surface area contributed by atoms with Gasteiger partial charge < -0.3 is 5.21 Å². The minimum Gasteiger partial charge on any atom is -0.411 e. The number of hydrogen-bond donors (Lipinski definition) is 1. The first-order chi connectivity index (χ1) is 6.79. The highest BCUT2D eigenvalue weighted by molar-refractivity contribution is 6.45. The number of nitrogens with zero attached hydrogens (tertiary/aromatic N) is 1. The molecule has 1 aromatic rings. The molecule has 0 aliphatic heterocycles. The Balaban J connectivity index is 2.85. The quantitative estimate of drug-likeness (QED) is 0.344. The Morgan fingerprint density at radius 1 is 1.36 bits per heavy atom. The predicted octanol–water partition coefficient (Wildman–Crippen LogP) is 2.50. The zero-order valence-electron chi connectivity index (χ0n) is 8.10. The molecule has 0 bridgehead atoms. The first-order valence-electron chi connectivity index (χ1n) is 4.60. The Morgan fingerprint density at radius 3 is 2.50 bits per heavy atom. The molecule has 3 heteroatoms. The Bertz CT molecular complexity index is 330. The molecule has 14 heavy (non-hydrogen) atoms. The number of carbonyl (C=O) groups is 1. The average molecular weight is 191 g/mol. The molecule has 0 atom stereocenters. The van der Waals surface area contributed by atoms with E-state index in [1.807, 2.05) is 13.0 Å². The van der Waals surface area contributed by atoms with Crippen LogP contribution in [0.4, 0.5) is 0 Å². The molecule has 0 amide bonds. The molecule has 74 valence electrons. The van der Waals surface area contributed by atoms with Gasteiger partial charge in [0.05, 0.1) is 0 Å². The molecule has 1 aromatic carbocycles. The molecule has 0 unspecified atom stereocenters. The highest BCUT2D eigenvalue weighted by Crippen LogP contribution is 2.04. The van der Waals surface area contributed by atoms with Gasteiger partial charge in [0, 0.05) is 5.56 Å². The fourth-order valence-electron chi connectivity index (χ4n) is 1.20. The molecule has 0 aliphatic carbocycles. The van der Waals surface area contributed by atoms with E-state index >= 15 is 0 Å². The Kier molecular flexibility index (Phi) is 3.85. The second kappa shape index (κ2) is 5.17. The highest BCUT2D eigenvalue weighted by Gasteiger charge is 2.12. The average Bonchev–Trinajstić information content (AvgIpc) is 2.26. The number of hydrogen-bond acceptors (Lipinski definition) is 3. The number of carbonyl (C=O) groups excluding carboxylic acids is 1. The summed E-state index contributed by atoms with van der Waals surface area (Å²) in [4.78, 5) is 11.7. The summed E-state index contributed by atoms with van der Waals surface area (Å²) in [7, 11) is 0. The van der Waals surface area contributed by atoms with E-state index < -0.39 is 0 Å². The van der Waals surface area contributed by atoms with Gasteiger partial charge in [0.2, 0.25) is 5.78 Å². The van der Waals surface area contributed by atoms with Crippen molar-refractivity contribution in [1.29, 1.82) is 0 Å². The summed E-state index contributed by atoms with van der Waals surface area (Å²) >= 11 is 0. The molecule has 0 aromatic heterocycles. The Hall–Kier alpha value is -1.64. The number of oxime groups is 1. The third-order valence-corrected chi connectivity index (χ3v) is 1.91. The van der Waals surface area contributed by atoms with Crippen molar-refractivity contribution >= 4 is 11.5 Å². The predicted molar refractivity (Wildman–Crippen MR) is 54.9 cm³/mol. The van der Waals surface area contributed by atoms with E-state index in [9.17, 15) is 4.79 Å². The van der Waals surface area contributed by atoms with Crippen molar-refractivity contribution in [2.45, 2.75) is 19.8 Å². The maximum Gasteiger partial charge on any atom is 0.210 e. The molecule has 1 rings (SSSR count). The van der Waals surface area contributed by atoms with Crippen LogP contribution in [0.25, 0.3) is 0 Å². The summed E-state index contributed by atoms with van der Waals surface area (Å²) < 4.78 is 0. The normalized spacial score (nSPS) is 11.4. The summed E-state index contributed by atoms with van der Waals surface area (Å²) in [5, 5.41) is 11.7. The van der Waals surface area contributed by atoms with E-state index in [1.54, 1.807) is 24.3 Å². The molecule has 3 nitrogen and oxygen atoms in total. The van der Waals surface area contributed by atoms with Gasteiger partial charge in [0.25, 0.3) is 0 Å². The summed E-state index contributed by atoms with van der Waals surface area (Å²) in [6, 6.07) is 8.83. The van der Waals surface area contributed by atoms with Crippen LogP contribution in [0.15, 0.2) is 35.5 Å². The molecule has 0 saturated carbocycles. The molecule has 0 aliphatic rings. The van der Waals surface area contributed by atoms with Gasteiger partial charge >= 0.3 is 0 Å². The van der Waals surface area contributed by atoms with Gasteiger partial charge in [0.1, 0.15) is 5.71 Å². The summed E-state index contributed by atoms with van der Waals surface area (Å²) in [5.41, 5.74) is 0.785. The van der Waals surface area contributed by atoms with Gasteiger partial charge in [-0.3, -0.25) is 4.79 Å². The van der Waals surface area contributed by atoms with Crippen LogP contribution in [-0.2, 0) is 0 Å². The van der Waals surface area contributed by atoms with Crippen LogP contribution < -0.4 is 0 Å². The van der Waals surface area contributed by atoms with Gasteiger partial charge in [0.15, 0.2) is 0 Å². The molecule has 1 N–H and O–H groups in total. The van der Waals surface area contributed by atoms with E-state index in [0.717, 1.165) is 6.42 Å².